The SMILES string of the molecule is CC(CCCNC1CC1)Oc1ccc(C(C)C)cc1. The molecule has 1 unspecified atom stereocenters. The molecule has 1 aliphatic rings. The first kappa shape index (κ1) is 14.4. The van der Waals surface area contributed by atoms with Gasteiger partial charge in [0, 0.05) is 6.04 Å². The van der Waals surface area contributed by atoms with Crippen molar-refractivity contribution in [2.45, 2.75) is 64.5 Å². The summed E-state index contributed by atoms with van der Waals surface area (Å²) < 4.78 is 5.94. The zero-order valence-electron chi connectivity index (χ0n) is 12.5. The summed E-state index contributed by atoms with van der Waals surface area (Å²) in [4.78, 5) is 0. The molecular formula is C17H27NO. The number of hydrogen-bond acceptors (Lipinski definition) is 2. The predicted molar refractivity (Wildman–Crippen MR) is 80.9 cm³/mol. The van der Waals surface area contributed by atoms with Crippen LogP contribution in [0.2, 0.25) is 0 Å². The van der Waals surface area contributed by atoms with Crippen LogP contribution in [0.25, 0.3) is 0 Å². The molecule has 0 radical (unpaired) electrons. The Morgan fingerprint density at radius 3 is 2.42 bits per heavy atom. The standard InChI is InChI=1S/C17H27NO/c1-13(2)15-6-10-17(11-7-15)19-14(3)5-4-12-18-16-8-9-16/h6-7,10-11,13-14,16,18H,4-5,8-9,12H2,1-3H3. The lowest BCUT2D eigenvalue weighted by Gasteiger charge is -2.15. The third-order valence-electron chi connectivity index (χ3n) is 3.68. The minimum atomic E-state index is 0.297. The summed E-state index contributed by atoms with van der Waals surface area (Å²) in [6.07, 6.45) is 5.35. The van der Waals surface area contributed by atoms with Crippen LogP contribution in [0.1, 0.15) is 57.9 Å². The van der Waals surface area contributed by atoms with Gasteiger partial charge in [-0.1, -0.05) is 26.0 Å². The van der Waals surface area contributed by atoms with E-state index in [1.165, 1.54) is 24.8 Å². The summed E-state index contributed by atoms with van der Waals surface area (Å²) in [5.74, 6) is 1.58. The van der Waals surface area contributed by atoms with Gasteiger partial charge in [-0.3, -0.25) is 0 Å². The molecule has 19 heavy (non-hydrogen) atoms. The van der Waals surface area contributed by atoms with Gasteiger partial charge in [0.25, 0.3) is 0 Å². The molecule has 1 fully saturated rings. The van der Waals surface area contributed by atoms with E-state index in [0.29, 0.717) is 12.0 Å². The van der Waals surface area contributed by atoms with E-state index < -0.39 is 0 Å². The van der Waals surface area contributed by atoms with Crippen LogP contribution in [0.3, 0.4) is 0 Å². The molecule has 2 rings (SSSR count). The molecule has 0 amide bonds. The summed E-state index contributed by atoms with van der Waals surface area (Å²) in [6.45, 7) is 7.72. The second-order valence-electron chi connectivity index (χ2n) is 6.02. The van der Waals surface area contributed by atoms with E-state index in [4.69, 9.17) is 4.74 Å². The summed E-state index contributed by atoms with van der Waals surface area (Å²) in [5.41, 5.74) is 1.37. The van der Waals surface area contributed by atoms with E-state index in [1.807, 2.05) is 0 Å². The van der Waals surface area contributed by atoms with E-state index in [0.717, 1.165) is 24.8 Å². The van der Waals surface area contributed by atoms with Gasteiger partial charge in [0.2, 0.25) is 0 Å². The molecular weight excluding hydrogens is 234 g/mol. The summed E-state index contributed by atoms with van der Waals surface area (Å²) in [7, 11) is 0. The van der Waals surface area contributed by atoms with Gasteiger partial charge in [-0.05, 0) is 62.8 Å². The Hall–Kier alpha value is -1.02. The average Bonchev–Trinajstić information content (AvgIpc) is 3.19. The van der Waals surface area contributed by atoms with Crippen LogP contribution in [-0.2, 0) is 0 Å². The van der Waals surface area contributed by atoms with Crippen LogP contribution in [0.15, 0.2) is 24.3 Å². The van der Waals surface area contributed by atoms with Gasteiger partial charge in [-0.25, -0.2) is 0 Å². The number of benzene rings is 1. The Morgan fingerprint density at radius 1 is 1.16 bits per heavy atom. The summed E-state index contributed by atoms with van der Waals surface area (Å²) >= 11 is 0. The molecule has 0 aromatic heterocycles. The first-order valence-electron chi connectivity index (χ1n) is 7.65. The molecule has 0 bridgehead atoms. The Labute approximate surface area is 117 Å². The first-order chi connectivity index (χ1) is 9.15. The first-order valence-corrected chi connectivity index (χ1v) is 7.65. The molecule has 1 saturated carbocycles. The molecule has 2 heteroatoms. The Bertz CT molecular complexity index is 367. The van der Waals surface area contributed by atoms with Crippen molar-refractivity contribution in [3.05, 3.63) is 29.8 Å². The van der Waals surface area contributed by atoms with Gasteiger partial charge >= 0.3 is 0 Å². The zero-order valence-corrected chi connectivity index (χ0v) is 12.5. The number of rotatable bonds is 8. The van der Waals surface area contributed by atoms with Crippen LogP contribution in [0.4, 0.5) is 0 Å². The second kappa shape index (κ2) is 6.95. The topological polar surface area (TPSA) is 21.3 Å². The fourth-order valence-corrected chi connectivity index (χ4v) is 2.21. The maximum absolute atomic E-state index is 5.94. The minimum Gasteiger partial charge on any atom is -0.491 e. The molecule has 0 saturated heterocycles. The van der Waals surface area contributed by atoms with E-state index in [1.54, 1.807) is 0 Å². The van der Waals surface area contributed by atoms with Gasteiger partial charge in [0.15, 0.2) is 0 Å². The molecule has 0 spiro atoms. The molecule has 0 aliphatic heterocycles. The smallest absolute Gasteiger partial charge is 0.119 e. The van der Waals surface area contributed by atoms with Crippen molar-refractivity contribution in [2.75, 3.05) is 6.54 Å². The Morgan fingerprint density at radius 2 is 1.84 bits per heavy atom. The monoisotopic (exact) mass is 261 g/mol. The van der Waals surface area contributed by atoms with Crippen molar-refractivity contribution in [1.29, 1.82) is 0 Å². The van der Waals surface area contributed by atoms with Crippen LogP contribution < -0.4 is 10.1 Å². The highest BCUT2D eigenvalue weighted by atomic mass is 16.5. The third-order valence-corrected chi connectivity index (χ3v) is 3.68. The van der Waals surface area contributed by atoms with Crippen molar-refractivity contribution in [3.63, 3.8) is 0 Å². The predicted octanol–water partition coefficient (Wildman–Crippen LogP) is 4.11. The van der Waals surface area contributed by atoms with Crippen molar-refractivity contribution >= 4 is 0 Å². The van der Waals surface area contributed by atoms with Gasteiger partial charge in [-0.15, -0.1) is 0 Å². The van der Waals surface area contributed by atoms with Crippen LogP contribution >= 0.6 is 0 Å². The molecule has 1 N–H and O–H groups in total. The zero-order chi connectivity index (χ0) is 13.7. The highest BCUT2D eigenvalue weighted by molar-refractivity contribution is 5.29. The summed E-state index contributed by atoms with van der Waals surface area (Å²) in [5, 5.41) is 3.54. The van der Waals surface area contributed by atoms with Crippen molar-refractivity contribution in [3.8, 4) is 5.75 Å². The molecule has 1 aliphatic carbocycles. The maximum Gasteiger partial charge on any atom is 0.119 e. The van der Waals surface area contributed by atoms with Crippen LogP contribution in [0.5, 0.6) is 5.75 Å². The van der Waals surface area contributed by atoms with Gasteiger partial charge in [-0.2, -0.15) is 0 Å². The largest absolute Gasteiger partial charge is 0.491 e. The highest BCUT2D eigenvalue weighted by Crippen LogP contribution is 2.20. The lowest BCUT2D eigenvalue weighted by Crippen LogP contribution is -2.20. The maximum atomic E-state index is 5.94. The van der Waals surface area contributed by atoms with E-state index in [-0.39, 0.29) is 0 Å². The molecule has 1 aromatic carbocycles. The van der Waals surface area contributed by atoms with Crippen molar-refractivity contribution in [2.24, 2.45) is 0 Å². The fraction of sp³-hybridized carbons (Fsp3) is 0.647. The lowest BCUT2D eigenvalue weighted by atomic mass is 10.0. The molecule has 106 valence electrons. The molecule has 1 aromatic rings. The van der Waals surface area contributed by atoms with Gasteiger partial charge in [0.05, 0.1) is 6.10 Å². The third kappa shape index (κ3) is 5.23. The van der Waals surface area contributed by atoms with Gasteiger partial charge < -0.3 is 10.1 Å². The molecule has 1 atom stereocenters. The van der Waals surface area contributed by atoms with E-state index >= 15 is 0 Å². The normalized spacial score (nSPS) is 16.6. The number of nitrogens with one attached hydrogen (secondary N) is 1. The quantitative estimate of drug-likeness (QED) is 0.711. The Kier molecular flexibility index (Phi) is 5.26. The minimum absolute atomic E-state index is 0.297. The Balaban J connectivity index is 1.66. The van der Waals surface area contributed by atoms with Crippen molar-refractivity contribution in [1.82, 2.24) is 5.32 Å². The van der Waals surface area contributed by atoms with Crippen molar-refractivity contribution < 1.29 is 4.74 Å². The average molecular weight is 261 g/mol. The highest BCUT2D eigenvalue weighted by Gasteiger charge is 2.19. The molecule has 2 nitrogen and oxygen atoms in total. The van der Waals surface area contributed by atoms with E-state index in [2.05, 4.69) is 50.4 Å². The number of hydrogen-bond donors (Lipinski definition) is 1. The fourth-order valence-electron chi connectivity index (χ4n) is 2.21. The number of ether oxygens (including phenoxy) is 1. The van der Waals surface area contributed by atoms with Crippen LogP contribution in [-0.4, -0.2) is 18.7 Å². The lowest BCUT2D eigenvalue weighted by molar-refractivity contribution is 0.207. The van der Waals surface area contributed by atoms with Crippen LogP contribution in [0, 0.1) is 0 Å². The molecule has 0 heterocycles. The van der Waals surface area contributed by atoms with Gasteiger partial charge in [0.1, 0.15) is 5.75 Å². The second-order valence-corrected chi connectivity index (χ2v) is 6.02. The summed E-state index contributed by atoms with van der Waals surface area (Å²) in [6, 6.07) is 9.34. The van der Waals surface area contributed by atoms with E-state index in [9.17, 15) is 0 Å².